The van der Waals surface area contributed by atoms with Crippen LogP contribution in [0.3, 0.4) is 0 Å². The van der Waals surface area contributed by atoms with Crippen molar-refractivity contribution in [1.82, 2.24) is 0 Å². The summed E-state index contributed by atoms with van der Waals surface area (Å²) in [4.78, 5) is 13.3. The lowest BCUT2D eigenvalue weighted by molar-refractivity contribution is -0.256. The van der Waals surface area contributed by atoms with Gasteiger partial charge in [0, 0.05) is 12.3 Å². The smallest absolute Gasteiger partial charge is 0.390 e. The lowest BCUT2D eigenvalue weighted by atomic mass is 9.43. The Hall–Kier alpha value is -0.620. The quantitative estimate of drug-likeness (QED) is 0.504. The standard InChI is InChI=1S/C27H43F3O3/c1-16(8-11-26(5,33)27(28,29)30)18-6-7-19-17-14-22(31)21-15-23(2,32)12-13-25(21,4)20(17)9-10-24(18,19)3/h16-21,32-33H,6-15H2,1-5H3/t16-,17+,18-,19+,20+,21-,23+,24-,25-,26+/m1/s1. The van der Waals surface area contributed by atoms with Gasteiger partial charge in [-0.15, -0.1) is 0 Å². The van der Waals surface area contributed by atoms with Crippen molar-refractivity contribution in [3.63, 3.8) is 0 Å². The highest BCUT2D eigenvalue weighted by molar-refractivity contribution is 5.83. The van der Waals surface area contributed by atoms with E-state index in [4.69, 9.17) is 0 Å². The predicted molar refractivity (Wildman–Crippen MR) is 121 cm³/mol. The number of halogens is 3. The molecule has 0 saturated heterocycles. The van der Waals surface area contributed by atoms with E-state index in [2.05, 4.69) is 20.8 Å². The number of hydrogen-bond donors (Lipinski definition) is 2. The maximum atomic E-state index is 13.3. The highest BCUT2D eigenvalue weighted by atomic mass is 19.4. The zero-order valence-corrected chi connectivity index (χ0v) is 21.0. The molecule has 3 nitrogen and oxygen atoms in total. The van der Waals surface area contributed by atoms with Crippen LogP contribution in [0.4, 0.5) is 13.2 Å². The number of aliphatic hydroxyl groups is 2. The molecule has 0 bridgehead atoms. The first-order chi connectivity index (χ1) is 15.0. The van der Waals surface area contributed by atoms with Gasteiger partial charge in [0.2, 0.25) is 0 Å². The molecule has 0 aliphatic heterocycles. The third-order valence-electron chi connectivity index (χ3n) is 11.2. The van der Waals surface area contributed by atoms with Gasteiger partial charge in [-0.05, 0) is 112 Å². The van der Waals surface area contributed by atoms with Crippen LogP contribution in [0, 0.1) is 46.3 Å². The first-order valence-electron chi connectivity index (χ1n) is 13.1. The van der Waals surface area contributed by atoms with E-state index >= 15 is 0 Å². The Kier molecular flexibility index (Phi) is 6.13. The zero-order valence-electron chi connectivity index (χ0n) is 21.0. The van der Waals surface area contributed by atoms with Crippen LogP contribution in [0.2, 0.25) is 0 Å². The number of Topliss-reactive ketones (excluding diaryl/α,β-unsaturated/α-hetero) is 1. The first kappa shape index (κ1) is 25.5. The molecule has 4 saturated carbocycles. The monoisotopic (exact) mass is 472 g/mol. The van der Waals surface area contributed by atoms with Crippen LogP contribution in [0.25, 0.3) is 0 Å². The molecule has 0 aromatic rings. The number of hydrogen-bond acceptors (Lipinski definition) is 3. The molecule has 4 fully saturated rings. The van der Waals surface area contributed by atoms with Gasteiger partial charge in [-0.1, -0.05) is 20.8 Å². The summed E-state index contributed by atoms with van der Waals surface area (Å²) >= 11 is 0. The SMILES string of the molecule is C[C@H](CC[C@](C)(O)C(F)(F)F)[C@H]1CC[C@H]2[C@@H]3CC(=O)[C@H]4C[C@@](C)(O)CC[C@]4(C)[C@H]3CC[C@]12C. The van der Waals surface area contributed by atoms with Crippen LogP contribution >= 0.6 is 0 Å². The number of alkyl halides is 3. The number of carbonyl (C=O) groups is 1. The van der Waals surface area contributed by atoms with Crippen LogP contribution in [0.1, 0.15) is 98.8 Å². The third kappa shape index (κ3) is 4.09. The Bertz CT molecular complexity index is 775. The normalized spacial score (nSPS) is 48.4. The summed E-state index contributed by atoms with van der Waals surface area (Å²) in [6.07, 6.45) is 2.51. The van der Waals surface area contributed by atoms with E-state index in [1.54, 1.807) is 0 Å². The average Bonchev–Trinajstić information content (AvgIpc) is 3.04. The second-order valence-electron chi connectivity index (χ2n) is 13.3. The lowest BCUT2D eigenvalue weighted by Gasteiger charge is -2.61. The molecule has 10 atom stereocenters. The Balaban J connectivity index is 1.50. The van der Waals surface area contributed by atoms with Crippen molar-refractivity contribution in [1.29, 1.82) is 0 Å². The summed E-state index contributed by atoms with van der Waals surface area (Å²) in [6, 6.07) is 0. The van der Waals surface area contributed by atoms with Crippen molar-refractivity contribution in [2.45, 2.75) is 116 Å². The largest absolute Gasteiger partial charge is 0.416 e. The molecule has 190 valence electrons. The summed E-state index contributed by atoms with van der Waals surface area (Å²) in [5, 5.41) is 20.6. The van der Waals surface area contributed by atoms with Crippen LogP contribution in [0.15, 0.2) is 0 Å². The van der Waals surface area contributed by atoms with Crippen molar-refractivity contribution in [3.05, 3.63) is 0 Å². The summed E-state index contributed by atoms with van der Waals surface area (Å²) in [5.41, 5.74) is -3.38. The molecule has 4 aliphatic carbocycles. The van der Waals surface area contributed by atoms with Crippen LogP contribution < -0.4 is 0 Å². The molecule has 0 aromatic heterocycles. The van der Waals surface area contributed by atoms with Gasteiger partial charge in [-0.2, -0.15) is 13.2 Å². The van der Waals surface area contributed by atoms with Crippen molar-refractivity contribution in [3.8, 4) is 0 Å². The lowest BCUT2D eigenvalue weighted by Crippen LogP contribution is -2.58. The average molecular weight is 473 g/mol. The molecule has 4 rings (SSSR count). The maximum Gasteiger partial charge on any atom is 0.416 e. The molecular weight excluding hydrogens is 429 g/mol. The fourth-order valence-corrected chi connectivity index (χ4v) is 9.01. The molecular formula is C27H43F3O3. The van der Waals surface area contributed by atoms with Crippen molar-refractivity contribution in [2.75, 3.05) is 0 Å². The van der Waals surface area contributed by atoms with E-state index in [1.807, 2.05) is 6.92 Å². The molecule has 33 heavy (non-hydrogen) atoms. The minimum atomic E-state index is -4.61. The molecule has 0 aromatic carbocycles. The van der Waals surface area contributed by atoms with Crippen molar-refractivity contribution >= 4 is 5.78 Å². The molecule has 0 unspecified atom stereocenters. The van der Waals surface area contributed by atoms with E-state index in [-0.39, 0.29) is 29.1 Å². The predicted octanol–water partition coefficient (Wildman–Crippen LogP) is 6.30. The second kappa shape index (κ2) is 7.94. The minimum absolute atomic E-state index is 0.0430. The van der Waals surface area contributed by atoms with Crippen LogP contribution in [0.5, 0.6) is 0 Å². The van der Waals surface area contributed by atoms with Gasteiger partial charge >= 0.3 is 6.18 Å². The summed E-state index contributed by atoms with van der Waals surface area (Å²) < 4.78 is 39.4. The summed E-state index contributed by atoms with van der Waals surface area (Å²) in [6.45, 7) is 9.43. The van der Waals surface area contributed by atoms with E-state index in [0.717, 1.165) is 45.4 Å². The number of rotatable bonds is 4. The zero-order chi connectivity index (χ0) is 24.6. The van der Waals surface area contributed by atoms with Gasteiger partial charge in [0.15, 0.2) is 5.60 Å². The highest BCUT2D eigenvalue weighted by Crippen LogP contribution is 2.68. The Morgan fingerprint density at radius 1 is 1.03 bits per heavy atom. The van der Waals surface area contributed by atoms with Crippen molar-refractivity contribution in [2.24, 2.45) is 46.3 Å². The summed E-state index contributed by atoms with van der Waals surface area (Å²) in [5.74, 6) is 2.01. The fourth-order valence-electron chi connectivity index (χ4n) is 9.01. The molecule has 0 radical (unpaired) electrons. The van der Waals surface area contributed by atoms with E-state index in [1.165, 1.54) is 0 Å². The Morgan fingerprint density at radius 3 is 2.30 bits per heavy atom. The number of fused-ring (bicyclic) bond motifs is 5. The van der Waals surface area contributed by atoms with E-state index < -0.39 is 17.4 Å². The second-order valence-corrected chi connectivity index (χ2v) is 13.3. The van der Waals surface area contributed by atoms with E-state index in [0.29, 0.717) is 48.7 Å². The van der Waals surface area contributed by atoms with E-state index in [9.17, 15) is 28.2 Å². The molecule has 6 heteroatoms. The topological polar surface area (TPSA) is 57.5 Å². The van der Waals surface area contributed by atoms with Gasteiger partial charge in [0.25, 0.3) is 0 Å². The molecule has 0 amide bonds. The van der Waals surface area contributed by atoms with Gasteiger partial charge in [0.1, 0.15) is 5.78 Å². The fraction of sp³-hybridized carbons (Fsp3) is 0.963. The van der Waals surface area contributed by atoms with Crippen LogP contribution in [-0.4, -0.2) is 33.4 Å². The molecule has 0 spiro atoms. The highest BCUT2D eigenvalue weighted by Gasteiger charge is 2.63. The van der Waals surface area contributed by atoms with Gasteiger partial charge < -0.3 is 10.2 Å². The van der Waals surface area contributed by atoms with Gasteiger partial charge in [-0.3, -0.25) is 4.79 Å². The third-order valence-corrected chi connectivity index (χ3v) is 11.2. The summed E-state index contributed by atoms with van der Waals surface area (Å²) in [7, 11) is 0. The molecule has 0 heterocycles. The number of carbonyl (C=O) groups excluding carboxylic acids is 1. The van der Waals surface area contributed by atoms with Crippen molar-refractivity contribution < 1.29 is 28.2 Å². The first-order valence-corrected chi connectivity index (χ1v) is 13.1. The van der Waals surface area contributed by atoms with Gasteiger partial charge in [0.05, 0.1) is 5.60 Å². The Labute approximate surface area is 196 Å². The minimum Gasteiger partial charge on any atom is -0.390 e. The molecule has 2 N–H and O–H groups in total. The van der Waals surface area contributed by atoms with Crippen LogP contribution in [-0.2, 0) is 4.79 Å². The maximum absolute atomic E-state index is 13.3. The Morgan fingerprint density at radius 2 is 1.67 bits per heavy atom. The number of ketones is 1. The molecule has 4 aliphatic rings. The van der Waals surface area contributed by atoms with Gasteiger partial charge in [-0.25, -0.2) is 0 Å².